The van der Waals surface area contributed by atoms with E-state index >= 15 is 0 Å². The number of guanidine groups is 1. The molecule has 176 valence electrons. The van der Waals surface area contributed by atoms with Crippen LogP contribution >= 0.6 is 24.0 Å². The van der Waals surface area contributed by atoms with Gasteiger partial charge in [0.05, 0.1) is 13.2 Å². The Morgan fingerprint density at radius 1 is 1.32 bits per heavy atom. The first-order chi connectivity index (χ1) is 14.6. The van der Waals surface area contributed by atoms with Crippen LogP contribution in [-0.4, -0.2) is 80.7 Å². The van der Waals surface area contributed by atoms with E-state index in [2.05, 4.69) is 27.4 Å². The van der Waals surface area contributed by atoms with Crippen LogP contribution in [0.4, 0.5) is 0 Å². The molecule has 2 atom stereocenters. The second-order valence-corrected chi connectivity index (χ2v) is 8.45. The predicted molar refractivity (Wildman–Crippen MR) is 136 cm³/mol. The van der Waals surface area contributed by atoms with Crippen molar-refractivity contribution in [3.05, 3.63) is 29.8 Å². The summed E-state index contributed by atoms with van der Waals surface area (Å²) >= 11 is 0. The van der Waals surface area contributed by atoms with Crippen molar-refractivity contribution in [1.82, 2.24) is 15.5 Å². The SMILES string of the molecule is CCNC(=NCC(O)COc1cccc(C)c1)NC1CCN(CC2CCOC2)CC1.I. The fraction of sp³-hybridized carbons (Fsp3) is 0.696. The van der Waals surface area contributed by atoms with Crippen LogP contribution in [0.3, 0.4) is 0 Å². The van der Waals surface area contributed by atoms with Crippen LogP contribution in [0.15, 0.2) is 29.3 Å². The molecule has 0 aromatic heterocycles. The fourth-order valence-corrected chi connectivity index (χ4v) is 4.01. The number of nitrogens with zero attached hydrogens (tertiary/aromatic N) is 2. The largest absolute Gasteiger partial charge is 0.491 e. The van der Waals surface area contributed by atoms with E-state index in [4.69, 9.17) is 9.47 Å². The molecule has 2 unspecified atom stereocenters. The van der Waals surface area contributed by atoms with Gasteiger partial charge in [-0.1, -0.05) is 12.1 Å². The summed E-state index contributed by atoms with van der Waals surface area (Å²) in [6.45, 7) is 10.6. The summed E-state index contributed by atoms with van der Waals surface area (Å²) in [6.07, 6.45) is 2.77. The number of nitrogens with one attached hydrogen (secondary N) is 2. The van der Waals surface area contributed by atoms with Gasteiger partial charge in [-0.05, 0) is 56.7 Å². The smallest absolute Gasteiger partial charge is 0.191 e. The number of aliphatic imine (C=N–C) groups is 1. The molecule has 3 N–H and O–H groups in total. The minimum Gasteiger partial charge on any atom is -0.491 e. The van der Waals surface area contributed by atoms with Gasteiger partial charge in [0.25, 0.3) is 0 Å². The van der Waals surface area contributed by atoms with Gasteiger partial charge in [0, 0.05) is 38.8 Å². The number of ether oxygens (including phenoxy) is 2. The summed E-state index contributed by atoms with van der Waals surface area (Å²) in [4.78, 5) is 7.14. The number of halogens is 1. The molecular weight excluding hydrogens is 507 g/mol. The Morgan fingerprint density at radius 2 is 2.13 bits per heavy atom. The molecule has 8 heteroatoms. The van der Waals surface area contributed by atoms with Crippen LogP contribution in [0, 0.1) is 12.8 Å². The number of aliphatic hydroxyl groups excluding tert-OH is 1. The Bertz CT molecular complexity index is 662. The Kier molecular flexibility index (Phi) is 11.9. The zero-order chi connectivity index (χ0) is 21.2. The standard InChI is InChI=1S/C23H38N4O3.HI/c1-3-24-23(25-14-21(28)17-30-22-6-4-5-18(2)13-22)26-20-7-10-27(11-8-20)15-19-9-12-29-16-19;/h4-6,13,19-21,28H,3,7-12,14-17H2,1-2H3,(H2,24,25,26);1H. The Morgan fingerprint density at radius 3 is 2.81 bits per heavy atom. The third kappa shape index (κ3) is 9.51. The highest BCUT2D eigenvalue weighted by molar-refractivity contribution is 14.0. The second kappa shape index (κ2) is 14.1. The van der Waals surface area contributed by atoms with E-state index in [0.29, 0.717) is 18.5 Å². The summed E-state index contributed by atoms with van der Waals surface area (Å²) in [7, 11) is 0. The van der Waals surface area contributed by atoms with E-state index in [-0.39, 0.29) is 30.6 Å². The summed E-state index contributed by atoms with van der Waals surface area (Å²) < 4.78 is 11.2. The summed E-state index contributed by atoms with van der Waals surface area (Å²) in [5.41, 5.74) is 1.14. The van der Waals surface area contributed by atoms with E-state index in [9.17, 15) is 5.11 Å². The quantitative estimate of drug-likeness (QED) is 0.251. The lowest BCUT2D eigenvalue weighted by molar-refractivity contribution is 0.114. The Hall–Kier alpha value is -1.10. The zero-order valence-corrected chi connectivity index (χ0v) is 21.2. The van der Waals surface area contributed by atoms with Gasteiger partial charge in [-0.15, -0.1) is 24.0 Å². The van der Waals surface area contributed by atoms with Gasteiger partial charge >= 0.3 is 0 Å². The van der Waals surface area contributed by atoms with E-state index in [0.717, 1.165) is 69.5 Å². The van der Waals surface area contributed by atoms with Crippen molar-refractivity contribution >= 4 is 29.9 Å². The van der Waals surface area contributed by atoms with E-state index < -0.39 is 6.10 Å². The highest BCUT2D eigenvalue weighted by Gasteiger charge is 2.24. The summed E-state index contributed by atoms with van der Waals surface area (Å²) in [5.74, 6) is 2.26. The number of rotatable bonds is 9. The van der Waals surface area contributed by atoms with Crippen LogP contribution in [-0.2, 0) is 4.74 Å². The van der Waals surface area contributed by atoms with Gasteiger partial charge in [-0.25, -0.2) is 0 Å². The molecule has 2 heterocycles. The second-order valence-electron chi connectivity index (χ2n) is 8.45. The molecule has 2 aliphatic heterocycles. The maximum Gasteiger partial charge on any atom is 0.191 e. The van der Waals surface area contributed by atoms with Crippen molar-refractivity contribution in [2.45, 2.75) is 45.3 Å². The maximum atomic E-state index is 10.3. The lowest BCUT2D eigenvalue weighted by Gasteiger charge is -2.34. The van der Waals surface area contributed by atoms with Gasteiger partial charge in [0.1, 0.15) is 18.5 Å². The molecule has 3 rings (SSSR count). The molecule has 0 bridgehead atoms. The molecule has 2 fully saturated rings. The minimum absolute atomic E-state index is 0. The van der Waals surface area contributed by atoms with Crippen molar-refractivity contribution in [3.63, 3.8) is 0 Å². The molecule has 7 nitrogen and oxygen atoms in total. The number of likely N-dealkylation sites (tertiary alicyclic amines) is 1. The summed E-state index contributed by atoms with van der Waals surface area (Å²) in [6, 6.07) is 8.26. The first-order valence-corrected chi connectivity index (χ1v) is 11.3. The number of aryl methyl sites for hydroxylation is 1. The lowest BCUT2D eigenvalue weighted by Crippen LogP contribution is -2.49. The highest BCUT2D eigenvalue weighted by atomic mass is 127. The molecule has 1 aromatic rings. The van der Waals surface area contributed by atoms with Gasteiger partial charge in [0.2, 0.25) is 0 Å². The number of hydrogen-bond donors (Lipinski definition) is 3. The van der Waals surface area contributed by atoms with Crippen molar-refractivity contribution < 1.29 is 14.6 Å². The normalized spacial score (nSPS) is 21.4. The Balaban J connectivity index is 0.00000341. The molecule has 0 saturated carbocycles. The lowest BCUT2D eigenvalue weighted by atomic mass is 10.0. The Labute approximate surface area is 204 Å². The van der Waals surface area contributed by atoms with Crippen LogP contribution < -0.4 is 15.4 Å². The average molecular weight is 546 g/mol. The zero-order valence-electron chi connectivity index (χ0n) is 18.9. The van der Waals surface area contributed by atoms with Crippen molar-refractivity contribution in [2.24, 2.45) is 10.9 Å². The number of hydrogen-bond acceptors (Lipinski definition) is 5. The molecule has 2 aliphatic rings. The van der Waals surface area contributed by atoms with Crippen LogP contribution in [0.25, 0.3) is 0 Å². The monoisotopic (exact) mass is 546 g/mol. The molecule has 1 aromatic carbocycles. The van der Waals surface area contributed by atoms with Gasteiger partial charge in [-0.2, -0.15) is 0 Å². The fourth-order valence-electron chi connectivity index (χ4n) is 4.01. The topological polar surface area (TPSA) is 78.4 Å². The minimum atomic E-state index is -0.642. The average Bonchev–Trinajstić information content (AvgIpc) is 3.25. The first-order valence-electron chi connectivity index (χ1n) is 11.3. The number of benzene rings is 1. The third-order valence-corrected chi connectivity index (χ3v) is 5.71. The molecule has 0 aliphatic carbocycles. The van der Waals surface area contributed by atoms with Crippen LogP contribution in [0.5, 0.6) is 5.75 Å². The van der Waals surface area contributed by atoms with Gasteiger partial charge < -0.3 is 30.1 Å². The molecule has 0 radical (unpaired) electrons. The number of piperidine rings is 1. The van der Waals surface area contributed by atoms with E-state index in [1.54, 1.807) is 0 Å². The molecular formula is C23H39IN4O3. The molecule has 0 spiro atoms. The first kappa shape index (κ1) is 26.2. The van der Waals surface area contributed by atoms with Crippen molar-refractivity contribution in [1.29, 1.82) is 0 Å². The van der Waals surface area contributed by atoms with Crippen molar-refractivity contribution in [2.75, 3.05) is 52.5 Å². The van der Waals surface area contributed by atoms with Crippen LogP contribution in [0.2, 0.25) is 0 Å². The molecule has 0 amide bonds. The van der Waals surface area contributed by atoms with Crippen molar-refractivity contribution in [3.8, 4) is 5.75 Å². The van der Waals surface area contributed by atoms with Gasteiger partial charge in [0.15, 0.2) is 5.96 Å². The maximum absolute atomic E-state index is 10.3. The highest BCUT2D eigenvalue weighted by Crippen LogP contribution is 2.17. The van der Waals surface area contributed by atoms with Gasteiger partial charge in [-0.3, -0.25) is 4.99 Å². The summed E-state index contributed by atoms with van der Waals surface area (Å²) in [5, 5.41) is 17.1. The third-order valence-electron chi connectivity index (χ3n) is 5.71. The molecule has 2 saturated heterocycles. The van der Waals surface area contributed by atoms with E-state index in [1.165, 1.54) is 6.42 Å². The van der Waals surface area contributed by atoms with Crippen LogP contribution in [0.1, 0.15) is 31.7 Å². The predicted octanol–water partition coefficient (Wildman–Crippen LogP) is 2.41. The number of aliphatic hydroxyl groups is 1. The molecule has 31 heavy (non-hydrogen) atoms. The van der Waals surface area contributed by atoms with E-state index in [1.807, 2.05) is 31.2 Å².